The van der Waals surface area contributed by atoms with Crippen LogP contribution in [-0.4, -0.2) is 13.7 Å². The molecule has 3 nitrogen and oxygen atoms in total. The number of fused-ring (bicyclic) bond motifs is 9. The van der Waals surface area contributed by atoms with E-state index in [1.807, 2.05) is 0 Å². The first kappa shape index (κ1) is 24.6. The van der Waals surface area contributed by atoms with Crippen LogP contribution in [0, 0.1) is 0 Å². The summed E-state index contributed by atoms with van der Waals surface area (Å²) in [7, 11) is 0. The summed E-state index contributed by atoms with van der Waals surface area (Å²) in [5, 5.41) is 7.66. The number of nitrogens with zero attached hydrogens (tertiary/aromatic N) is 3. The molecule has 1 unspecified atom stereocenters. The molecule has 1 aliphatic carbocycles. The quantitative estimate of drug-likeness (QED) is 0.199. The van der Waals surface area contributed by atoms with Crippen LogP contribution in [0.15, 0.2) is 158 Å². The molecular weight excluding hydrogens is 546 g/mol. The van der Waals surface area contributed by atoms with Crippen molar-refractivity contribution in [2.24, 2.45) is 0 Å². The Labute approximate surface area is 260 Å². The minimum Gasteiger partial charge on any atom is -0.333 e. The number of para-hydroxylation sites is 4. The zero-order chi connectivity index (χ0) is 29.5. The van der Waals surface area contributed by atoms with Crippen LogP contribution in [0.1, 0.15) is 12.5 Å². The fourth-order valence-electron chi connectivity index (χ4n) is 7.89. The molecule has 6 aromatic carbocycles. The average molecular weight is 576 g/mol. The van der Waals surface area contributed by atoms with Gasteiger partial charge in [0, 0.05) is 43.5 Å². The predicted molar refractivity (Wildman–Crippen MR) is 190 cm³/mol. The van der Waals surface area contributed by atoms with Gasteiger partial charge in [-0.05, 0) is 61.0 Å². The first-order valence-electron chi connectivity index (χ1n) is 15.7. The van der Waals surface area contributed by atoms with Gasteiger partial charge in [-0.3, -0.25) is 0 Å². The van der Waals surface area contributed by atoms with E-state index in [0.717, 1.165) is 6.42 Å². The van der Waals surface area contributed by atoms with Crippen molar-refractivity contribution in [3.05, 3.63) is 158 Å². The topological polar surface area (TPSA) is 14.8 Å². The smallest absolute Gasteiger partial charge is 0.0562 e. The number of hydrogen-bond acceptors (Lipinski definition) is 0. The van der Waals surface area contributed by atoms with Crippen LogP contribution in [0.3, 0.4) is 0 Å². The first-order chi connectivity index (χ1) is 22.4. The second-order valence-electron chi connectivity index (χ2n) is 12.1. The Morgan fingerprint density at radius 3 is 1.71 bits per heavy atom. The van der Waals surface area contributed by atoms with Crippen molar-refractivity contribution < 1.29 is 0 Å². The predicted octanol–water partition coefficient (Wildman–Crippen LogP) is 11.0. The summed E-state index contributed by atoms with van der Waals surface area (Å²) >= 11 is 0. The normalized spacial score (nSPS) is 15.1. The lowest BCUT2D eigenvalue weighted by Crippen LogP contribution is -2.06. The minimum atomic E-state index is 0.291. The maximum Gasteiger partial charge on any atom is 0.0562 e. The lowest BCUT2D eigenvalue weighted by atomic mass is 10.1. The van der Waals surface area contributed by atoms with Gasteiger partial charge in [0.2, 0.25) is 0 Å². The fraction of sp³-hybridized carbons (Fsp3) is 0.0476. The molecule has 0 saturated heterocycles. The van der Waals surface area contributed by atoms with Crippen molar-refractivity contribution in [3.8, 4) is 11.4 Å². The largest absolute Gasteiger partial charge is 0.333 e. The average Bonchev–Trinajstić information content (AvgIpc) is 3.74. The number of rotatable bonds is 3. The SMILES string of the molecule is C1=CCC(n2c3ccccc3c3c(-n4c5ccccc5c5cc(-n6c7ccccc7c7ccccc76)ccc54)cccc32)C=C1. The van der Waals surface area contributed by atoms with Crippen molar-refractivity contribution in [3.63, 3.8) is 0 Å². The third-order valence-electron chi connectivity index (χ3n) is 9.74. The van der Waals surface area contributed by atoms with E-state index in [9.17, 15) is 0 Å². The van der Waals surface area contributed by atoms with Gasteiger partial charge < -0.3 is 13.7 Å². The second-order valence-corrected chi connectivity index (χ2v) is 12.1. The number of benzene rings is 6. The molecule has 10 rings (SSSR count). The summed E-state index contributed by atoms with van der Waals surface area (Å²) in [5.41, 5.74) is 9.83. The van der Waals surface area contributed by atoms with Gasteiger partial charge in [-0.1, -0.05) is 103 Å². The summed E-state index contributed by atoms with van der Waals surface area (Å²) in [4.78, 5) is 0. The van der Waals surface area contributed by atoms with Gasteiger partial charge in [0.25, 0.3) is 0 Å². The standard InChI is InChI=1S/C42H29N3/c1-2-13-28(14-3-1)43-38-22-11-7-18-33(38)42-40(43)23-12-24-41(42)45-37-21-10-6-17-32(37)34-27-29(25-26-39(34)45)44-35-19-8-4-15-30(35)31-16-5-9-20-36(31)44/h1-13,15-28H,14H2. The van der Waals surface area contributed by atoms with E-state index in [-0.39, 0.29) is 0 Å². The zero-order valence-corrected chi connectivity index (χ0v) is 24.6. The van der Waals surface area contributed by atoms with Gasteiger partial charge >= 0.3 is 0 Å². The Morgan fingerprint density at radius 1 is 0.444 bits per heavy atom. The first-order valence-corrected chi connectivity index (χ1v) is 15.7. The van der Waals surface area contributed by atoms with Crippen molar-refractivity contribution in [1.29, 1.82) is 0 Å². The molecule has 0 saturated carbocycles. The summed E-state index contributed by atoms with van der Waals surface area (Å²) in [6.45, 7) is 0. The molecule has 0 amide bonds. The van der Waals surface area contributed by atoms with E-state index in [4.69, 9.17) is 0 Å². The number of aromatic nitrogens is 3. The van der Waals surface area contributed by atoms with Crippen LogP contribution >= 0.6 is 0 Å². The van der Waals surface area contributed by atoms with Crippen molar-refractivity contribution in [1.82, 2.24) is 13.7 Å². The molecule has 3 heteroatoms. The molecule has 212 valence electrons. The van der Waals surface area contributed by atoms with E-state index in [2.05, 4.69) is 171 Å². The van der Waals surface area contributed by atoms with Gasteiger partial charge in [0.05, 0.1) is 39.3 Å². The Kier molecular flexibility index (Phi) is 5.11. The summed E-state index contributed by atoms with van der Waals surface area (Å²) in [6, 6.07) is 49.3. The van der Waals surface area contributed by atoms with Crippen LogP contribution in [0.4, 0.5) is 0 Å². The summed E-state index contributed by atoms with van der Waals surface area (Å²) in [6.07, 6.45) is 9.93. The third-order valence-corrected chi connectivity index (χ3v) is 9.74. The van der Waals surface area contributed by atoms with Crippen molar-refractivity contribution >= 4 is 65.4 Å². The van der Waals surface area contributed by atoms with E-state index < -0.39 is 0 Å². The van der Waals surface area contributed by atoms with E-state index >= 15 is 0 Å². The fourth-order valence-corrected chi connectivity index (χ4v) is 7.89. The van der Waals surface area contributed by atoms with E-state index in [1.54, 1.807) is 0 Å². The lowest BCUT2D eigenvalue weighted by molar-refractivity contribution is 0.648. The van der Waals surface area contributed by atoms with E-state index in [1.165, 1.54) is 76.8 Å². The highest BCUT2D eigenvalue weighted by Crippen LogP contribution is 2.41. The molecule has 45 heavy (non-hydrogen) atoms. The molecule has 3 aromatic heterocycles. The van der Waals surface area contributed by atoms with Gasteiger partial charge in [0.1, 0.15) is 0 Å². The molecule has 1 atom stereocenters. The second kappa shape index (κ2) is 9.35. The molecule has 1 aliphatic rings. The molecule has 0 N–H and O–H groups in total. The third kappa shape index (κ3) is 3.41. The van der Waals surface area contributed by atoms with Gasteiger partial charge in [-0.25, -0.2) is 0 Å². The molecule has 3 heterocycles. The summed E-state index contributed by atoms with van der Waals surface area (Å²) in [5.74, 6) is 0. The van der Waals surface area contributed by atoms with Crippen LogP contribution in [-0.2, 0) is 0 Å². The van der Waals surface area contributed by atoms with E-state index in [0.29, 0.717) is 6.04 Å². The van der Waals surface area contributed by atoms with Gasteiger partial charge in [-0.15, -0.1) is 0 Å². The highest BCUT2D eigenvalue weighted by atomic mass is 15.0. The molecule has 0 spiro atoms. The van der Waals surface area contributed by atoms with Crippen molar-refractivity contribution in [2.45, 2.75) is 12.5 Å². The molecule has 0 aliphatic heterocycles. The van der Waals surface area contributed by atoms with Crippen LogP contribution in [0.5, 0.6) is 0 Å². The maximum absolute atomic E-state index is 2.53. The number of hydrogen-bond donors (Lipinski definition) is 0. The Balaban J connectivity index is 1.28. The highest BCUT2D eigenvalue weighted by Gasteiger charge is 2.22. The summed E-state index contributed by atoms with van der Waals surface area (Å²) < 4.78 is 7.43. The minimum absolute atomic E-state index is 0.291. The molecule has 0 fully saturated rings. The molecule has 0 bridgehead atoms. The molecule has 9 aromatic rings. The molecular formula is C42H29N3. The number of allylic oxidation sites excluding steroid dienone is 4. The van der Waals surface area contributed by atoms with Crippen molar-refractivity contribution in [2.75, 3.05) is 0 Å². The van der Waals surface area contributed by atoms with Crippen LogP contribution in [0.2, 0.25) is 0 Å². The van der Waals surface area contributed by atoms with Crippen LogP contribution in [0.25, 0.3) is 76.8 Å². The lowest BCUT2D eigenvalue weighted by Gasteiger charge is -2.18. The van der Waals surface area contributed by atoms with Gasteiger partial charge in [-0.2, -0.15) is 0 Å². The Bertz CT molecular complexity index is 2640. The Hall–Kier alpha value is -5.80. The highest BCUT2D eigenvalue weighted by molar-refractivity contribution is 6.16. The monoisotopic (exact) mass is 575 g/mol. The zero-order valence-electron chi connectivity index (χ0n) is 24.6. The Morgan fingerprint density at radius 2 is 1.02 bits per heavy atom. The molecule has 0 radical (unpaired) electrons. The van der Waals surface area contributed by atoms with Gasteiger partial charge in [0.15, 0.2) is 0 Å². The maximum atomic E-state index is 2.53. The van der Waals surface area contributed by atoms with Crippen LogP contribution < -0.4 is 0 Å².